The fourth-order valence-electron chi connectivity index (χ4n) is 2.51. The molecule has 1 N–H and O–H groups in total. The number of carboxylic acid groups (broad SMARTS) is 1. The lowest BCUT2D eigenvalue weighted by Crippen LogP contribution is -2.23. The summed E-state index contributed by atoms with van der Waals surface area (Å²) in [5, 5.41) is 18.0. The number of aliphatic carboxylic acids is 1. The van der Waals surface area contributed by atoms with Gasteiger partial charge in [0.1, 0.15) is 11.7 Å². The summed E-state index contributed by atoms with van der Waals surface area (Å²) in [5.41, 5.74) is 1.76. The fourth-order valence-corrected chi connectivity index (χ4v) is 2.51. The quantitative estimate of drug-likeness (QED) is 0.918. The molecule has 0 aromatic heterocycles. The third kappa shape index (κ3) is 3.11. The number of allylic oxidation sites excluding steroid dienone is 1. The van der Waals surface area contributed by atoms with Crippen LogP contribution in [0.1, 0.15) is 24.8 Å². The minimum absolute atomic E-state index is 0.241. The average Bonchev–Trinajstić information content (AvgIpc) is 2.49. The van der Waals surface area contributed by atoms with Gasteiger partial charge in [0.25, 0.3) is 0 Å². The van der Waals surface area contributed by atoms with Crippen LogP contribution in [0.3, 0.4) is 0 Å². The van der Waals surface area contributed by atoms with Crippen molar-refractivity contribution in [1.82, 2.24) is 0 Å². The van der Waals surface area contributed by atoms with E-state index in [0.717, 1.165) is 11.1 Å². The molecule has 1 atom stereocenters. The zero-order chi connectivity index (χ0) is 15.4. The molecule has 2 rings (SSSR count). The number of nitriles is 1. The largest absolute Gasteiger partial charge is 0.497 e. The summed E-state index contributed by atoms with van der Waals surface area (Å²) in [6.45, 7) is 0. The van der Waals surface area contributed by atoms with Gasteiger partial charge in [-0.05, 0) is 36.1 Å². The Morgan fingerprint density at radius 1 is 1.43 bits per heavy atom. The summed E-state index contributed by atoms with van der Waals surface area (Å²) >= 11 is 0. The molecule has 0 saturated carbocycles. The van der Waals surface area contributed by atoms with Crippen LogP contribution < -0.4 is 4.74 Å². The zero-order valence-corrected chi connectivity index (χ0v) is 11.6. The first-order valence-corrected chi connectivity index (χ1v) is 6.59. The Balaban J connectivity index is 2.46. The van der Waals surface area contributed by atoms with Crippen molar-refractivity contribution in [1.29, 1.82) is 5.26 Å². The maximum atomic E-state index is 12.2. The number of hydrogen-bond acceptors (Lipinski definition) is 4. The summed E-state index contributed by atoms with van der Waals surface area (Å²) < 4.78 is 5.08. The third-order valence-electron chi connectivity index (χ3n) is 3.58. The van der Waals surface area contributed by atoms with Crippen LogP contribution in [0.5, 0.6) is 5.75 Å². The van der Waals surface area contributed by atoms with E-state index >= 15 is 0 Å². The third-order valence-corrected chi connectivity index (χ3v) is 3.58. The van der Waals surface area contributed by atoms with Gasteiger partial charge in [-0.15, -0.1) is 0 Å². The lowest BCUT2D eigenvalue weighted by molar-refractivity contribution is -0.137. The van der Waals surface area contributed by atoms with Gasteiger partial charge in [0.2, 0.25) is 0 Å². The van der Waals surface area contributed by atoms with Gasteiger partial charge in [-0.1, -0.05) is 12.1 Å². The van der Waals surface area contributed by atoms with Crippen LogP contribution in [-0.2, 0) is 9.59 Å². The van der Waals surface area contributed by atoms with Crippen LogP contribution in [0.4, 0.5) is 0 Å². The molecule has 1 aromatic carbocycles. The number of Topliss-reactive ketones (excluding diaryl/α,β-unsaturated/α-hetero) is 1. The van der Waals surface area contributed by atoms with E-state index in [0.29, 0.717) is 18.6 Å². The van der Waals surface area contributed by atoms with Gasteiger partial charge in [0.05, 0.1) is 19.6 Å². The molecule has 21 heavy (non-hydrogen) atoms. The van der Waals surface area contributed by atoms with Crippen molar-refractivity contribution in [3.63, 3.8) is 0 Å². The average molecular weight is 285 g/mol. The highest BCUT2D eigenvalue weighted by Crippen LogP contribution is 2.35. The molecule has 0 bridgehead atoms. The van der Waals surface area contributed by atoms with Gasteiger partial charge < -0.3 is 9.84 Å². The van der Waals surface area contributed by atoms with E-state index in [4.69, 9.17) is 15.1 Å². The highest BCUT2D eigenvalue weighted by molar-refractivity contribution is 6.09. The first-order valence-electron chi connectivity index (χ1n) is 6.59. The SMILES string of the molecule is COc1ccc(C2=C(CC(=O)O)C(=O)C(C#N)CC2)cc1. The van der Waals surface area contributed by atoms with E-state index in [9.17, 15) is 9.59 Å². The van der Waals surface area contributed by atoms with E-state index in [2.05, 4.69) is 0 Å². The summed E-state index contributed by atoms with van der Waals surface area (Å²) in [5.74, 6) is -1.47. The molecule has 0 fully saturated rings. The molecule has 0 saturated heterocycles. The van der Waals surface area contributed by atoms with Crippen molar-refractivity contribution in [2.45, 2.75) is 19.3 Å². The number of rotatable bonds is 4. The zero-order valence-electron chi connectivity index (χ0n) is 11.6. The molecule has 0 aliphatic heterocycles. The number of carbonyl (C=O) groups excluding carboxylic acids is 1. The topological polar surface area (TPSA) is 87.4 Å². The van der Waals surface area contributed by atoms with E-state index in [1.54, 1.807) is 31.4 Å². The van der Waals surface area contributed by atoms with E-state index in [1.165, 1.54) is 0 Å². The molecule has 1 unspecified atom stereocenters. The van der Waals surface area contributed by atoms with Crippen LogP contribution in [-0.4, -0.2) is 24.0 Å². The van der Waals surface area contributed by atoms with Gasteiger partial charge in [0.15, 0.2) is 5.78 Å². The standard InChI is InChI=1S/C16H15NO4/c1-21-12-5-2-10(3-6-12)13-7-4-11(9-17)16(20)14(13)8-15(18)19/h2-3,5-6,11H,4,7-8H2,1H3,(H,18,19). The van der Waals surface area contributed by atoms with Gasteiger partial charge in [-0.3, -0.25) is 9.59 Å². The van der Waals surface area contributed by atoms with Crippen molar-refractivity contribution < 1.29 is 19.4 Å². The Morgan fingerprint density at radius 3 is 2.62 bits per heavy atom. The number of methoxy groups -OCH3 is 1. The maximum absolute atomic E-state index is 12.2. The summed E-state index contributed by atoms with van der Waals surface area (Å²) in [6.07, 6.45) is 0.608. The first-order chi connectivity index (χ1) is 10.1. The molecule has 5 nitrogen and oxygen atoms in total. The lowest BCUT2D eigenvalue weighted by atomic mass is 9.79. The van der Waals surface area contributed by atoms with Crippen molar-refractivity contribution in [2.75, 3.05) is 7.11 Å². The van der Waals surface area contributed by atoms with E-state index < -0.39 is 11.9 Å². The Bertz CT molecular complexity index is 637. The fraction of sp³-hybridized carbons (Fsp3) is 0.312. The number of carbonyl (C=O) groups is 2. The summed E-state index contributed by atoms with van der Waals surface area (Å²) in [7, 11) is 1.56. The second-order valence-corrected chi connectivity index (χ2v) is 4.84. The second-order valence-electron chi connectivity index (χ2n) is 4.84. The molecule has 1 aromatic rings. The lowest BCUT2D eigenvalue weighted by Gasteiger charge is -2.22. The number of carboxylic acids is 1. The molecule has 108 valence electrons. The smallest absolute Gasteiger partial charge is 0.307 e. The number of nitrogens with zero attached hydrogens (tertiary/aromatic N) is 1. The minimum atomic E-state index is -1.07. The Hall–Kier alpha value is -2.61. The molecule has 0 amide bonds. The number of benzene rings is 1. The van der Waals surface area contributed by atoms with Gasteiger partial charge in [-0.2, -0.15) is 5.26 Å². The van der Waals surface area contributed by atoms with Crippen LogP contribution in [0.15, 0.2) is 29.8 Å². The number of ketones is 1. The Labute approximate surface area is 122 Å². The van der Waals surface area contributed by atoms with Crippen molar-refractivity contribution >= 4 is 17.3 Å². The summed E-state index contributed by atoms with van der Waals surface area (Å²) in [4.78, 5) is 23.2. The molecule has 0 heterocycles. The maximum Gasteiger partial charge on any atom is 0.307 e. The van der Waals surface area contributed by atoms with Gasteiger partial charge in [0, 0.05) is 5.57 Å². The van der Waals surface area contributed by atoms with Crippen LogP contribution in [0.2, 0.25) is 0 Å². The molecule has 1 aliphatic carbocycles. The highest BCUT2D eigenvalue weighted by Gasteiger charge is 2.31. The molecule has 5 heteroatoms. The van der Waals surface area contributed by atoms with Crippen LogP contribution >= 0.6 is 0 Å². The van der Waals surface area contributed by atoms with E-state index in [-0.39, 0.29) is 17.8 Å². The second kappa shape index (κ2) is 6.23. The Kier molecular flexibility index (Phi) is 4.39. The molecule has 1 aliphatic rings. The predicted molar refractivity (Wildman–Crippen MR) is 75.5 cm³/mol. The number of ether oxygens (including phenoxy) is 1. The van der Waals surface area contributed by atoms with Gasteiger partial charge in [-0.25, -0.2) is 0 Å². The summed E-state index contributed by atoms with van der Waals surface area (Å²) in [6, 6.07) is 9.08. The highest BCUT2D eigenvalue weighted by atomic mass is 16.5. The first kappa shape index (κ1) is 14.8. The number of hydrogen-bond donors (Lipinski definition) is 1. The monoisotopic (exact) mass is 285 g/mol. The van der Waals surface area contributed by atoms with Crippen molar-refractivity contribution in [3.8, 4) is 11.8 Å². The predicted octanol–water partition coefficient (Wildman–Crippen LogP) is 2.43. The van der Waals surface area contributed by atoms with Crippen LogP contribution in [0.25, 0.3) is 5.57 Å². The Morgan fingerprint density at radius 2 is 2.10 bits per heavy atom. The molecule has 0 spiro atoms. The molecule has 0 radical (unpaired) electrons. The molecular weight excluding hydrogens is 270 g/mol. The van der Waals surface area contributed by atoms with Crippen molar-refractivity contribution in [3.05, 3.63) is 35.4 Å². The van der Waals surface area contributed by atoms with Crippen LogP contribution in [0, 0.1) is 17.2 Å². The molecular formula is C16H15NO4. The minimum Gasteiger partial charge on any atom is -0.497 e. The normalized spacial score (nSPS) is 18.3. The van der Waals surface area contributed by atoms with Gasteiger partial charge >= 0.3 is 5.97 Å². The van der Waals surface area contributed by atoms with E-state index in [1.807, 2.05) is 6.07 Å². The van der Waals surface area contributed by atoms with Crippen molar-refractivity contribution in [2.24, 2.45) is 5.92 Å².